The number of nitrogens with one attached hydrogen (secondary N) is 1. The zero-order chi connectivity index (χ0) is 12.3. The molecule has 0 radical (unpaired) electrons. The van der Waals surface area contributed by atoms with Crippen molar-refractivity contribution in [2.24, 2.45) is 5.92 Å². The van der Waals surface area contributed by atoms with Crippen molar-refractivity contribution in [3.05, 3.63) is 0 Å². The number of nitrogens with zero attached hydrogens (tertiary/aromatic N) is 3. The van der Waals surface area contributed by atoms with Gasteiger partial charge in [-0.15, -0.1) is 0 Å². The fourth-order valence-electron chi connectivity index (χ4n) is 2.79. The van der Waals surface area contributed by atoms with Crippen LogP contribution in [0.2, 0.25) is 0 Å². The van der Waals surface area contributed by atoms with Crippen LogP contribution in [0.5, 0.6) is 0 Å². The molecule has 1 aliphatic carbocycles. The van der Waals surface area contributed by atoms with Crippen molar-refractivity contribution in [1.82, 2.24) is 15.1 Å². The van der Waals surface area contributed by atoms with Crippen LogP contribution in [0.15, 0.2) is 0 Å². The normalized spacial score (nSPS) is 26.4. The second-order valence-corrected chi connectivity index (χ2v) is 5.32. The van der Waals surface area contributed by atoms with Crippen LogP contribution in [0.25, 0.3) is 0 Å². The highest BCUT2D eigenvalue weighted by Gasteiger charge is 2.45. The lowest BCUT2D eigenvalue weighted by atomic mass is 9.94. The first-order chi connectivity index (χ1) is 8.24. The van der Waals surface area contributed by atoms with Gasteiger partial charge in [-0.3, -0.25) is 4.90 Å². The van der Waals surface area contributed by atoms with Crippen LogP contribution in [0.3, 0.4) is 0 Å². The molecule has 0 aromatic rings. The summed E-state index contributed by atoms with van der Waals surface area (Å²) in [4.78, 5) is 4.92. The van der Waals surface area contributed by atoms with Crippen molar-refractivity contribution in [3.63, 3.8) is 0 Å². The molecule has 2 rings (SSSR count). The Morgan fingerprint density at radius 2 is 1.82 bits per heavy atom. The topological polar surface area (TPSA) is 42.3 Å². The van der Waals surface area contributed by atoms with Crippen LogP contribution in [-0.4, -0.2) is 61.7 Å². The summed E-state index contributed by atoms with van der Waals surface area (Å²) < 4.78 is 0. The molecule has 1 atom stereocenters. The van der Waals surface area contributed by atoms with E-state index < -0.39 is 0 Å². The van der Waals surface area contributed by atoms with E-state index in [1.54, 1.807) is 0 Å². The van der Waals surface area contributed by atoms with E-state index in [1.165, 1.54) is 12.8 Å². The highest BCUT2D eigenvalue weighted by molar-refractivity contribution is 5.16. The van der Waals surface area contributed by atoms with Gasteiger partial charge in [0, 0.05) is 32.7 Å². The third-order valence-electron chi connectivity index (χ3n) is 4.31. The molecule has 1 heterocycles. The monoisotopic (exact) mass is 236 g/mol. The van der Waals surface area contributed by atoms with Crippen LogP contribution in [-0.2, 0) is 0 Å². The Morgan fingerprint density at radius 3 is 2.24 bits per heavy atom. The van der Waals surface area contributed by atoms with E-state index >= 15 is 0 Å². The third-order valence-corrected chi connectivity index (χ3v) is 4.31. The minimum atomic E-state index is -0.297. The summed E-state index contributed by atoms with van der Waals surface area (Å²) in [5.74, 6) is 0.571. The molecule has 0 amide bonds. The number of piperazine rings is 1. The maximum Gasteiger partial charge on any atom is 0.122 e. The van der Waals surface area contributed by atoms with Crippen LogP contribution >= 0.6 is 0 Å². The second-order valence-electron chi connectivity index (χ2n) is 5.32. The third kappa shape index (κ3) is 2.79. The van der Waals surface area contributed by atoms with Gasteiger partial charge in [0.05, 0.1) is 6.07 Å². The molecule has 1 saturated carbocycles. The summed E-state index contributed by atoms with van der Waals surface area (Å²) in [7, 11) is 1.93. The molecule has 1 aliphatic heterocycles. The first-order valence-corrected chi connectivity index (χ1v) is 6.79. The van der Waals surface area contributed by atoms with Crippen LogP contribution in [0.4, 0.5) is 0 Å². The summed E-state index contributed by atoms with van der Waals surface area (Å²) >= 11 is 0. The number of rotatable bonds is 5. The Bertz CT molecular complexity index is 286. The molecule has 2 fully saturated rings. The quantitative estimate of drug-likeness (QED) is 0.755. The standard InChI is InChI=1S/C13H24N4/c1-3-16-6-8-17(9-7-16)11-13(10-14,15-2)12-4-5-12/h12,15H,3-9,11H2,1-2H3. The summed E-state index contributed by atoms with van der Waals surface area (Å²) in [6, 6.07) is 2.53. The van der Waals surface area contributed by atoms with Crippen LogP contribution in [0, 0.1) is 17.2 Å². The minimum absolute atomic E-state index is 0.297. The van der Waals surface area contributed by atoms with Gasteiger partial charge in [0.15, 0.2) is 0 Å². The summed E-state index contributed by atoms with van der Waals surface area (Å²) in [6.07, 6.45) is 2.42. The van der Waals surface area contributed by atoms with E-state index in [1.807, 2.05) is 7.05 Å². The Balaban J connectivity index is 1.89. The SMILES string of the molecule is CCN1CCN(CC(C#N)(NC)C2CC2)CC1. The van der Waals surface area contributed by atoms with Gasteiger partial charge in [-0.2, -0.15) is 5.26 Å². The summed E-state index contributed by atoms with van der Waals surface area (Å²) in [5.41, 5.74) is -0.297. The molecule has 4 nitrogen and oxygen atoms in total. The molecule has 2 aliphatic rings. The van der Waals surface area contributed by atoms with Crippen molar-refractivity contribution in [1.29, 1.82) is 5.26 Å². The molecule has 0 aromatic heterocycles. The highest BCUT2D eigenvalue weighted by Crippen LogP contribution is 2.39. The Labute approximate surface area is 105 Å². The second kappa shape index (κ2) is 5.34. The molecule has 1 saturated heterocycles. The predicted octanol–water partition coefficient (Wildman–Crippen LogP) is 0.516. The molecule has 0 bridgehead atoms. The average Bonchev–Trinajstić information content (AvgIpc) is 3.21. The Hall–Kier alpha value is -0.630. The lowest BCUT2D eigenvalue weighted by Gasteiger charge is -2.38. The van der Waals surface area contributed by atoms with E-state index in [9.17, 15) is 5.26 Å². The summed E-state index contributed by atoms with van der Waals surface area (Å²) in [5, 5.41) is 12.7. The summed E-state index contributed by atoms with van der Waals surface area (Å²) in [6.45, 7) is 8.75. The van der Waals surface area contributed by atoms with Gasteiger partial charge in [0.2, 0.25) is 0 Å². The van der Waals surface area contributed by atoms with Gasteiger partial charge in [0.25, 0.3) is 0 Å². The predicted molar refractivity (Wildman–Crippen MR) is 68.7 cm³/mol. The van der Waals surface area contributed by atoms with Crippen molar-refractivity contribution in [2.75, 3.05) is 46.3 Å². The first-order valence-electron chi connectivity index (χ1n) is 6.79. The van der Waals surface area contributed by atoms with Crippen molar-refractivity contribution >= 4 is 0 Å². The van der Waals surface area contributed by atoms with Gasteiger partial charge in [-0.25, -0.2) is 0 Å². The lowest BCUT2D eigenvalue weighted by molar-refractivity contribution is 0.113. The molecule has 0 spiro atoms. The number of hydrogen-bond acceptors (Lipinski definition) is 4. The van der Waals surface area contributed by atoms with E-state index in [0.29, 0.717) is 5.92 Å². The van der Waals surface area contributed by atoms with Crippen molar-refractivity contribution < 1.29 is 0 Å². The van der Waals surface area contributed by atoms with Crippen molar-refractivity contribution in [2.45, 2.75) is 25.3 Å². The zero-order valence-corrected chi connectivity index (χ0v) is 11.1. The molecule has 0 aromatic carbocycles. The van der Waals surface area contributed by atoms with Gasteiger partial charge in [-0.05, 0) is 32.4 Å². The zero-order valence-electron chi connectivity index (χ0n) is 11.1. The molecule has 1 unspecified atom stereocenters. The highest BCUT2D eigenvalue weighted by atomic mass is 15.3. The molecule has 1 N–H and O–H groups in total. The van der Waals surface area contributed by atoms with Gasteiger partial charge in [0.1, 0.15) is 5.54 Å². The smallest absolute Gasteiger partial charge is 0.122 e. The average molecular weight is 236 g/mol. The lowest BCUT2D eigenvalue weighted by Crippen LogP contribution is -2.57. The maximum atomic E-state index is 9.47. The van der Waals surface area contributed by atoms with E-state index in [2.05, 4.69) is 28.1 Å². The number of hydrogen-bond donors (Lipinski definition) is 1. The molecular formula is C13H24N4. The molecule has 4 heteroatoms. The molecule has 96 valence electrons. The van der Waals surface area contributed by atoms with Gasteiger partial charge < -0.3 is 10.2 Å². The molecular weight excluding hydrogens is 212 g/mol. The fraction of sp³-hybridized carbons (Fsp3) is 0.923. The van der Waals surface area contributed by atoms with E-state index in [0.717, 1.165) is 39.3 Å². The van der Waals surface area contributed by atoms with Crippen LogP contribution < -0.4 is 5.32 Å². The van der Waals surface area contributed by atoms with Gasteiger partial charge >= 0.3 is 0 Å². The van der Waals surface area contributed by atoms with E-state index in [4.69, 9.17) is 0 Å². The number of nitriles is 1. The Kier molecular flexibility index (Phi) is 4.03. The molecule has 17 heavy (non-hydrogen) atoms. The fourth-order valence-corrected chi connectivity index (χ4v) is 2.79. The Morgan fingerprint density at radius 1 is 1.24 bits per heavy atom. The van der Waals surface area contributed by atoms with E-state index in [-0.39, 0.29) is 5.54 Å². The largest absolute Gasteiger partial charge is 0.301 e. The number of likely N-dealkylation sites (N-methyl/N-ethyl adjacent to an activating group) is 2. The van der Waals surface area contributed by atoms with Crippen molar-refractivity contribution in [3.8, 4) is 6.07 Å². The first kappa shape index (κ1) is 12.8. The minimum Gasteiger partial charge on any atom is -0.301 e. The maximum absolute atomic E-state index is 9.47. The van der Waals surface area contributed by atoms with Gasteiger partial charge in [-0.1, -0.05) is 6.92 Å². The van der Waals surface area contributed by atoms with Crippen LogP contribution in [0.1, 0.15) is 19.8 Å².